The number of ether oxygens (including phenoxy) is 1. The second-order valence-electron chi connectivity index (χ2n) is 7.61. The molecule has 0 saturated heterocycles. The van der Waals surface area contributed by atoms with Crippen LogP contribution in [0.4, 0.5) is 4.79 Å². The highest BCUT2D eigenvalue weighted by Crippen LogP contribution is 2.46. The second kappa shape index (κ2) is 5.08. The van der Waals surface area contributed by atoms with E-state index in [0.717, 1.165) is 0 Å². The molecule has 0 radical (unpaired) electrons. The van der Waals surface area contributed by atoms with Gasteiger partial charge in [0.15, 0.2) is 0 Å². The summed E-state index contributed by atoms with van der Waals surface area (Å²) in [5, 5.41) is 12.2. The van der Waals surface area contributed by atoms with Crippen LogP contribution in [0.2, 0.25) is 0 Å². The molecule has 20 heavy (non-hydrogen) atoms. The van der Waals surface area contributed by atoms with Crippen molar-refractivity contribution >= 4 is 11.9 Å². The van der Waals surface area contributed by atoms with E-state index < -0.39 is 23.2 Å². The van der Waals surface area contributed by atoms with E-state index in [4.69, 9.17) is 4.74 Å². The van der Waals surface area contributed by atoms with E-state index >= 15 is 0 Å². The zero-order chi connectivity index (χ0) is 15.8. The van der Waals surface area contributed by atoms with Crippen LogP contribution < -0.4 is 5.32 Å². The average molecular weight is 280 g/mol. The minimum Gasteiger partial charge on any atom is -0.444 e. The third kappa shape index (κ3) is 3.72. The monoisotopic (exact) mass is 280 g/mol. The maximum atomic E-state index is 12.0. The summed E-state index contributed by atoms with van der Waals surface area (Å²) in [6, 6.07) is 1.81. The van der Waals surface area contributed by atoms with Crippen LogP contribution in [0.3, 0.4) is 0 Å². The molecule has 1 N–H and O–H groups in total. The molecule has 1 amide bonds. The molecule has 1 aliphatic carbocycles. The Labute approximate surface area is 120 Å². The maximum absolute atomic E-state index is 12.0. The number of carbonyl (C=O) groups is 2. The van der Waals surface area contributed by atoms with Crippen LogP contribution in [0.25, 0.3) is 0 Å². The molecule has 5 heteroatoms. The fraction of sp³-hybridized carbons (Fsp3) is 0.800. The summed E-state index contributed by atoms with van der Waals surface area (Å²) >= 11 is 0. The summed E-state index contributed by atoms with van der Waals surface area (Å²) in [5.74, 6) is 0.0618. The minimum absolute atomic E-state index is 0.0618. The van der Waals surface area contributed by atoms with Crippen LogP contribution in [0.15, 0.2) is 0 Å². The Morgan fingerprint density at radius 2 is 1.80 bits per heavy atom. The molecule has 0 bridgehead atoms. The van der Waals surface area contributed by atoms with E-state index in [0.29, 0.717) is 0 Å². The predicted octanol–water partition coefficient (Wildman–Crippen LogP) is 2.80. The van der Waals surface area contributed by atoms with Crippen molar-refractivity contribution < 1.29 is 14.3 Å². The second-order valence-corrected chi connectivity index (χ2v) is 7.61. The Balaban J connectivity index is 2.91. The molecule has 5 nitrogen and oxygen atoms in total. The van der Waals surface area contributed by atoms with Crippen molar-refractivity contribution in [1.82, 2.24) is 5.32 Å². The number of nitrogens with one attached hydrogen (secondary N) is 1. The van der Waals surface area contributed by atoms with Crippen LogP contribution in [0.1, 0.15) is 54.4 Å². The number of ketones is 1. The van der Waals surface area contributed by atoms with Gasteiger partial charge in [-0.1, -0.05) is 20.8 Å². The van der Waals surface area contributed by atoms with Crippen molar-refractivity contribution in [2.45, 2.75) is 66.0 Å². The van der Waals surface area contributed by atoms with E-state index in [1.54, 1.807) is 20.8 Å². The quantitative estimate of drug-likeness (QED) is 0.843. The molecule has 0 aromatic heterocycles. The summed E-state index contributed by atoms with van der Waals surface area (Å²) < 4.78 is 5.25. The lowest BCUT2D eigenvalue weighted by Crippen LogP contribution is -2.59. The molecular weight excluding hydrogens is 256 g/mol. The maximum Gasteiger partial charge on any atom is 0.407 e. The number of nitrogens with zero attached hydrogens (tertiary/aromatic N) is 1. The van der Waals surface area contributed by atoms with Gasteiger partial charge in [-0.15, -0.1) is 0 Å². The lowest BCUT2D eigenvalue weighted by Gasteiger charge is -2.47. The van der Waals surface area contributed by atoms with Gasteiger partial charge in [-0.3, -0.25) is 4.79 Å². The Morgan fingerprint density at radius 3 is 2.10 bits per heavy atom. The zero-order valence-electron chi connectivity index (χ0n) is 13.2. The van der Waals surface area contributed by atoms with Crippen molar-refractivity contribution in [1.29, 1.82) is 5.26 Å². The molecule has 1 aliphatic rings. The summed E-state index contributed by atoms with van der Waals surface area (Å²) in [6.07, 6.45) is -0.158. The standard InChI is InChI=1S/C15H24N2O3/c1-13(2,3)11(15(9-16)7-10(18)8-15)17-12(19)20-14(4,5)6/h11H,7-8H2,1-6H3,(H,17,19). The lowest BCUT2D eigenvalue weighted by molar-refractivity contribution is -0.132. The van der Waals surface area contributed by atoms with Gasteiger partial charge in [-0.2, -0.15) is 5.26 Å². The largest absolute Gasteiger partial charge is 0.444 e. The van der Waals surface area contributed by atoms with Gasteiger partial charge >= 0.3 is 6.09 Å². The smallest absolute Gasteiger partial charge is 0.407 e. The van der Waals surface area contributed by atoms with Crippen LogP contribution in [-0.2, 0) is 9.53 Å². The summed E-state index contributed by atoms with van der Waals surface area (Å²) in [7, 11) is 0. The Morgan fingerprint density at radius 1 is 1.30 bits per heavy atom. The highest BCUT2D eigenvalue weighted by molar-refractivity contribution is 5.88. The van der Waals surface area contributed by atoms with Gasteiger partial charge in [-0.25, -0.2) is 4.79 Å². The third-order valence-corrected chi connectivity index (χ3v) is 3.33. The van der Waals surface area contributed by atoms with Gasteiger partial charge in [0.2, 0.25) is 0 Å². The number of hydrogen-bond donors (Lipinski definition) is 1. The molecule has 1 fully saturated rings. The van der Waals surface area contributed by atoms with Gasteiger partial charge in [0.1, 0.15) is 11.4 Å². The average Bonchev–Trinajstić information content (AvgIpc) is 2.17. The van der Waals surface area contributed by atoms with E-state index in [1.165, 1.54) is 0 Å². The van der Waals surface area contributed by atoms with Crippen molar-refractivity contribution in [3.8, 4) is 6.07 Å². The number of amides is 1. The first-order valence-corrected chi connectivity index (χ1v) is 6.82. The molecule has 1 unspecified atom stereocenters. The van der Waals surface area contributed by atoms with Gasteiger partial charge in [0, 0.05) is 12.8 Å². The number of Topliss-reactive ketones (excluding diaryl/α,β-unsaturated/α-hetero) is 1. The van der Waals surface area contributed by atoms with Crippen LogP contribution in [-0.4, -0.2) is 23.5 Å². The minimum atomic E-state index is -0.813. The predicted molar refractivity (Wildman–Crippen MR) is 74.9 cm³/mol. The Hall–Kier alpha value is -1.57. The zero-order valence-corrected chi connectivity index (χ0v) is 13.2. The van der Waals surface area contributed by atoms with E-state index in [-0.39, 0.29) is 24.0 Å². The lowest BCUT2D eigenvalue weighted by atomic mass is 9.58. The molecular formula is C15H24N2O3. The molecule has 112 valence electrons. The summed E-state index contributed by atoms with van der Waals surface area (Å²) in [4.78, 5) is 23.3. The van der Waals surface area contributed by atoms with Crippen LogP contribution in [0, 0.1) is 22.2 Å². The molecule has 0 aromatic carbocycles. The highest BCUT2D eigenvalue weighted by atomic mass is 16.6. The molecule has 1 rings (SSSR count). The molecule has 0 aliphatic heterocycles. The van der Waals surface area contributed by atoms with E-state index in [1.807, 2.05) is 20.8 Å². The van der Waals surface area contributed by atoms with E-state index in [9.17, 15) is 14.9 Å². The molecule has 1 atom stereocenters. The van der Waals surface area contributed by atoms with Crippen LogP contribution >= 0.6 is 0 Å². The number of hydrogen-bond acceptors (Lipinski definition) is 4. The fourth-order valence-electron chi connectivity index (χ4n) is 2.61. The van der Waals surface area contributed by atoms with Crippen LogP contribution in [0.5, 0.6) is 0 Å². The summed E-state index contributed by atoms with van der Waals surface area (Å²) in [6.45, 7) is 11.2. The number of rotatable bonds is 2. The molecule has 0 heterocycles. The first-order valence-electron chi connectivity index (χ1n) is 6.82. The van der Waals surface area contributed by atoms with Crippen molar-refractivity contribution in [3.63, 3.8) is 0 Å². The molecule has 1 saturated carbocycles. The SMILES string of the molecule is CC(C)(C)OC(=O)NC(C(C)(C)C)C1(C#N)CC(=O)C1. The highest BCUT2D eigenvalue weighted by Gasteiger charge is 2.54. The van der Waals surface area contributed by atoms with Gasteiger partial charge < -0.3 is 10.1 Å². The first kappa shape index (κ1) is 16.5. The van der Waals surface area contributed by atoms with Crippen molar-refractivity contribution in [2.24, 2.45) is 10.8 Å². The van der Waals surface area contributed by atoms with Gasteiger partial charge in [0.05, 0.1) is 17.5 Å². The topological polar surface area (TPSA) is 79.2 Å². The Bertz CT molecular complexity index is 441. The normalized spacial score (nSPS) is 19.6. The summed E-state index contributed by atoms with van der Waals surface area (Å²) in [5.41, 5.74) is -1.75. The third-order valence-electron chi connectivity index (χ3n) is 3.33. The number of nitriles is 1. The van der Waals surface area contributed by atoms with Gasteiger partial charge in [-0.05, 0) is 26.2 Å². The molecule has 0 aromatic rings. The fourth-order valence-corrected chi connectivity index (χ4v) is 2.61. The van der Waals surface area contributed by atoms with Crippen molar-refractivity contribution in [2.75, 3.05) is 0 Å². The first-order chi connectivity index (χ1) is 8.89. The number of carbonyl (C=O) groups excluding carboxylic acids is 2. The van der Waals surface area contributed by atoms with Crippen molar-refractivity contribution in [3.05, 3.63) is 0 Å². The number of alkyl carbamates (subject to hydrolysis) is 1. The Kier molecular flexibility index (Phi) is 4.19. The van der Waals surface area contributed by atoms with E-state index in [2.05, 4.69) is 11.4 Å². The molecule has 0 spiro atoms. The van der Waals surface area contributed by atoms with Gasteiger partial charge in [0.25, 0.3) is 0 Å².